The third-order valence-corrected chi connectivity index (χ3v) is 3.59. The fourth-order valence-corrected chi connectivity index (χ4v) is 2.26. The van der Waals surface area contributed by atoms with Crippen LogP contribution in [0.15, 0.2) is 24.3 Å². The van der Waals surface area contributed by atoms with E-state index in [0.29, 0.717) is 23.6 Å². The number of halogens is 2. The number of benzene rings is 1. The molecule has 2 rings (SSSR count). The topological polar surface area (TPSA) is 38.0 Å². The van der Waals surface area contributed by atoms with Gasteiger partial charge in [-0.05, 0) is 31.5 Å². The second-order valence-corrected chi connectivity index (χ2v) is 4.81. The summed E-state index contributed by atoms with van der Waals surface area (Å²) in [6.45, 7) is 4.50. The number of hydrogen-bond donors (Lipinski definition) is 1. The molecule has 1 aromatic heterocycles. The van der Waals surface area contributed by atoms with Crippen LogP contribution < -0.4 is 0 Å². The third-order valence-electron chi connectivity index (χ3n) is 3.09. The predicted octanol–water partition coefficient (Wildman–Crippen LogP) is 3.28. The van der Waals surface area contributed by atoms with Crippen LogP contribution in [0.25, 0.3) is 0 Å². The molecule has 0 aliphatic carbocycles. The van der Waals surface area contributed by atoms with Gasteiger partial charge in [-0.25, -0.2) is 4.39 Å². The zero-order chi connectivity index (χ0) is 14.0. The number of aliphatic hydroxyl groups is 1. The van der Waals surface area contributed by atoms with Crippen LogP contribution in [-0.4, -0.2) is 14.9 Å². The van der Waals surface area contributed by atoms with Crippen LogP contribution >= 0.6 is 11.6 Å². The highest BCUT2D eigenvalue weighted by Gasteiger charge is 2.17. The van der Waals surface area contributed by atoms with Crippen molar-refractivity contribution in [2.75, 3.05) is 0 Å². The molecule has 1 unspecified atom stereocenters. The maximum absolute atomic E-state index is 12.8. The second-order valence-electron chi connectivity index (χ2n) is 4.43. The van der Waals surface area contributed by atoms with E-state index in [1.165, 1.54) is 12.1 Å². The van der Waals surface area contributed by atoms with Crippen LogP contribution in [-0.2, 0) is 13.0 Å². The summed E-state index contributed by atoms with van der Waals surface area (Å²) >= 11 is 6.20. The Morgan fingerprint density at radius 1 is 1.37 bits per heavy atom. The van der Waals surface area contributed by atoms with Crippen LogP contribution in [0, 0.1) is 12.7 Å². The molecule has 1 atom stereocenters. The first-order valence-electron chi connectivity index (χ1n) is 6.18. The van der Waals surface area contributed by atoms with E-state index in [1.807, 2.05) is 13.8 Å². The van der Waals surface area contributed by atoms with Gasteiger partial charge in [-0.15, -0.1) is 0 Å². The minimum absolute atomic E-state index is 0.316. The Kier molecular flexibility index (Phi) is 4.22. The lowest BCUT2D eigenvalue weighted by molar-refractivity contribution is 0.175. The molecule has 19 heavy (non-hydrogen) atoms. The lowest BCUT2D eigenvalue weighted by Crippen LogP contribution is -2.09. The number of aryl methyl sites for hydroxylation is 2. The number of hydrogen-bond acceptors (Lipinski definition) is 2. The zero-order valence-corrected chi connectivity index (χ0v) is 11.7. The van der Waals surface area contributed by atoms with Crippen LogP contribution in [0.3, 0.4) is 0 Å². The predicted molar refractivity (Wildman–Crippen MR) is 72.7 cm³/mol. The molecule has 0 amide bonds. The van der Waals surface area contributed by atoms with Gasteiger partial charge in [-0.1, -0.05) is 23.7 Å². The minimum Gasteiger partial charge on any atom is -0.388 e. The van der Waals surface area contributed by atoms with Gasteiger partial charge in [0, 0.05) is 13.0 Å². The van der Waals surface area contributed by atoms with Crippen molar-refractivity contribution in [2.24, 2.45) is 0 Å². The summed E-state index contributed by atoms with van der Waals surface area (Å²) in [5, 5.41) is 15.1. The maximum Gasteiger partial charge on any atom is 0.123 e. The molecular formula is C14H16ClFN2O. The zero-order valence-electron chi connectivity index (χ0n) is 10.9. The van der Waals surface area contributed by atoms with E-state index < -0.39 is 6.10 Å². The van der Waals surface area contributed by atoms with Gasteiger partial charge in [0.15, 0.2) is 0 Å². The highest BCUT2D eigenvalue weighted by molar-refractivity contribution is 6.31. The summed E-state index contributed by atoms with van der Waals surface area (Å²) in [6, 6.07) is 5.83. The van der Waals surface area contributed by atoms with Crippen molar-refractivity contribution in [3.8, 4) is 0 Å². The standard InChI is InChI=1S/C14H16ClFN2O/c1-3-18-12(14(15)9(2)17-18)8-13(19)10-4-6-11(16)7-5-10/h4-7,13,19H,3,8H2,1-2H3. The van der Waals surface area contributed by atoms with E-state index in [2.05, 4.69) is 5.10 Å². The normalized spacial score (nSPS) is 12.7. The van der Waals surface area contributed by atoms with Crippen LogP contribution in [0.5, 0.6) is 0 Å². The number of aliphatic hydroxyl groups excluding tert-OH is 1. The smallest absolute Gasteiger partial charge is 0.123 e. The van der Waals surface area contributed by atoms with E-state index in [-0.39, 0.29) is 5.82 Å². The number of nitrogens with zero attached hydrogens (tertiary/aromatic N) is 2. The van der Waals surface area contributed by atoms with Crippen LogP contribution in [0.1, 0.15) is 30.0 Å². The quantitative estimate of drug-likeness (QED) is 0.934. The Labute approximate surface area is 116 Å². The summed E-state index contributed by atoms with van der Waals surface area (Å²) in [5.41, 5.74) is 2.22. The van der Waals surface area contributed by atoms with Crippen LogP contribution in [0.4, 0.5) is 4.39 Å². The molecule has 1 aromatic carbocycles. The molecule has 1 heterocycles. The Morgan fingerprint density at radius 2 is 2.00 bits per heavy atom. The fraction of sp³-hybridized carbons (Fsp3) is 0.357. The molecule has 5 heteroatoms. The van der Waals surface area contributed by atoms with Crippen molar-refractivity contribution < 1.29 is 9.50 Å². The van der Waals surface area contributed by atoms with Crippen molar-refractivity contribution in [1.29, 1.82) is 0 Å². The molecule has 0 bridgehead atoms. The van der Waals surface area contributed by atoms with E-state index in [0.717, 1.165) is 11.4 Å². The average Bonchev–Trinajstić information content (AvgIpc) is 2.67. The van der Waals surface area contributed by atoms with Gasteiger partial charge in [0.25, 0.3) is 0 Å². The summed E-state index contributed by atoms with van der Waals surface area (Å²) in [6.07, 6.45) is -0.362. The molecule has 0 fully saturated rings. The largest absolute Gasteiger partial charge is 0.388 e. The van der Waals surface area contributed by atoms with Crippen molar-refractivity contribution in [3.63, 3.8) is 0 Å². The Bertz CT molecular complexity index is 566. The summed E-state index contributed by atoms with van der Waals surface area (Å²) in [7, 11) is 0. The molecular weight excluding hydrogens is 267 g/mol. The number of rotatable bonds is 4. The van der Waals surface area contributed by atoms with Gasteiger partial charge >= 0.3 is 0 Å². The average molecular weight is 283 g/mol. The van der Waals surface area contributed by atoms with Gasteiger partial charge in [-0.3, -0.25) is 4.68 Å². The van der Waals surface area contributed by atoms with Gasteiger partial charge < -0.3 is 5.11 Å². The van der Waals surface area contributed by atoms with E-state index in [1.54, 1.807) is 16.8 Å². The summed E-state index contributed by atoms with van der Waals surface area (Å²) in [5.74, 6) is -0.316. The fourth-order valence-electron chi connectivity index (χ4n) is 2.05. The number of aromatic nitrogens is 2. The SMILES string of the molecule is CCn1nc(C)c(Cl)c1CC(O)c1ccc(F)cc1. The van der Waals surface area contributed by atoms with Gasteiger partial charge in [-0.2, -0.15) is 5.10 Å². The lowest BCUT2D eigenvalue weighted by Gasteiger charge is -2.12. The highest BCUT2D eigenvalue weighted by atomic mass is 35.5. The molecule has 1 N–H and O–H groups in total. The first-order valence-corrected chi connectivity index (χ1v) is 6.56. The second kappa shape index (κ2) is 5.72. The highest BCUT2D eigenvalue weighted by Crippen LogP contribution is 2.26. The van der Waals surface area contributed by atoms with Gasteiger partial charge in [0.2, 0.25) is 0 Å². The minimum atomic E-state index is -0.723. The van der Waals surface area contributed by atoms with E-state index in [4.69, 9.17) is 11.6 Å². The molecule has 102 valence electrons. The monoisotopic (exact) mass is 282 g/mol. The molecule has 0 aliphatic heterocycles. The summed E-state index contributed by atoms with van der Waals surface area (Å²) < 4.78 is 14.6. The molecule has 0 saturated heterocycles. The molecule has 2 aromatic rings. The van der Waals surface area contributed by atoms with E-state index in [9.17, 15) is 9.50 Å². The Balaban J connectivity index is 2.23. The third kappa shape index (κ3) is 2.96. The first kappa shape index (κ1) is 14.0. The Hall–Kier alpha value is -1.39. The Morgan fingerprint density at radius 3 is 2.58 bits per heavy atom. The van der Waals surface area contributed by atoms with Crippen molar-refractivity contribution >= 4 is 11.6 Å². The van der Waals surface area contributed by atoms with Crippen molar-refractivity contribution in [2.45, 2.75) is 32.9 Å². The van der Waals surface area contributed by atoms with Crippen molar-refractivity contribution in [3.05, 3.63) is 52.1 Å². The summed E-state index contributed by atoms with van der Waals surface area (Å²) in [4.78, 5) is 0. The van der Waals surface area contributed by atoms with Gasteiger partial charge in [0.1, 0.15) is 5.82 Å². The lowest BCUT2D eigenvalue weighted by atomic mass is 10.0. The maximum atomic E-state index is 12.8. The molecule has 0 aliphatic rings. The van der Waals surface area contributed by atoms with Crippen molar-refractivity contribution in [1.82, 2.24) is 9.78 Å². The van der Waals surface area contributed by atoms with Crippen LogP contribution in [0.2, 0.25) is 5.02 Å². The molecule has 3 nitrogen and oxygen atoms in total. The van der Waals surface area contributed by atoms with E-state index >= 15 is 0 Å². The molecule has 0 radical (unpaired) electrons. The molecule has 0 saturated carbocycles. The molecule has 0 spiro atoms. The van der Waals surface area contributed by atoms with Gasteiger partial charge in [0.05, 0.1) is 22.5 Å². The first-order chi connectivity index (χ1) is 9.02.